The Hall–Kier alpha value is -2.36. The second kappa shape index (κ2) is 4.87. The lowest BCUT2D eigenvalue weighted by molar-refractivity contribution is 0.670. The van der Waals surface area contributed by atoms with Gasteiger partial charge in [0.15, 0.2) is 0 Å². The third kappa shape index (κ3) is 2.18. The van der Waals surface area contributed by atoms with Crippen LogP contribution >= 0.6 is 0 Å². The van der Waals surface area contributed by atoms with Gasteiger partial charge in [0.25, 0.3) is 5.56 Å². The van der Waals surface area contributed by atoms with Crippen LogP contribution in [0.3, 0.4) is 0 Å². The zero-order valence-corrected chi connectivity index (χ0v) is 10.2. The van der Waals surface area contributed by atoms with Crippen molar-refractivity contribution < 1.29 is 0 Å². The molecule has 0 atom stereocenters. The summed E-state index contributed by atoms with van der Waals surface area (Å²) in [5.41, 5.74) is 0.801. The topological polar surface area (TPSA) is 44.0 Å². The number of rotatable bonds is 3. The molecule has 2 aromatic rings. The fourth-order valence-electron chi connectivity index (χ4n) is 1.79. The smallest absolute Gasteiger partial charge is 0.276 e. The summed E-state index contributed by atoms with van der Waals surface area (Å²) in [6.07, 6.45) is 2.90. The lowest BCUT2D eigenvalue weighted by atomic mass is 10.2. The minimum atomic E-state index is -0.371. The second-order valence-electron chi connectivity index (χ2n) is 4.06. The Morgan fingerprint density at radius 1 is 1.22 bits per heavy atom. The zero-order valence-electron chi connectivity index (χ0n) is 10.2. The lowest BCUT2D eigenvalue weighted by Crippen LogP contribution is -2.39. The molecule has 0 aliphatic rings. The standard InChI is InChI=1S/C14H14N2O2/c1-3-15-9-11(2)13(17)16(14(15)18)10-12-7-5-4-6-8-12/h3-9H,1,10H2,2H3. The van der Waals surface area contributed by atoms with Crippen molar-refractivity contribution in [2.75, 3.05) is 0 Å². The Kier molecular flexibility index (Phi) is 3.28. The molecule has 0 unspecified atom stereocenters. The largest absolute Gasteiger partial charge is 0.335 e. The van der Waals surface area contributed by atoms with Gasteiger partial charge in [-0.3, -0.25) is 13.9 Å². The molecule has 92 valence electrons. The maximum Gasteiger partial charge on any atom is 0.335 e. The van der Waals surface area contributed by atoms with E-state index in [1.54, 1.807) is 6.92 Å². The maximum absolute atomic E-state index is 12.0. The van der Waals surface area contributed by atoms with E-state index in [1.807, 2.05) is 30.3 Å². The number of nitrogens with zero attached hydrogens (tertiary/aromatic N) is 2. The van der Waals surface area contributed by atoms with Crippen LogP contribution in [0.15, 0.2) is 52.7 Å². The quantitative estimate of drug-likeness (QED) is 0.818. The molecule has 0 spiro atoms. The van der Waals surface area contributed by atoms with E-state index in [9.17, 15) is 9.59 Å². The zero-order chi connectivity index (χ0) is 13.1. The number of hydrogen-bond donors (Lipinski definition) is 0. The molecule has 1 heterocycles. The van der Waals surface area contributed by atoms with Gasteiger partial charge in [-0.15, -0.1) is 0 Å². The first kappa shape index (κ1) is 12.1. The van der Waals surface area contributed by atoms with Gasteiger partial charge in [-0.1, -0.05) is 36.9 Å². The van der Waals surface area contributed by atoms with Crippen molar-refractivity contribution in [1.29, 1.82) is 0 Å². The fraction of sp³-hybridized carbons (Fsp3) is 0.143. The molecule has 0 bridgehead atoms. The van der Waals surface area contributed by atoms with E-state index in [0.717, 1.165) is 5.56 Å². The highest BCUT2D eigenvalue weighted by atomic mass is 16.2. The molecule has 0 saturated carbocycles. The molecular formula is C14H14N2O2. The molecule has 1 aromatic heterocycles. The van der Waals surface area contributed by atoms with E-state index >= 15 is 0 Å². The first-order chi connectivity index (χ1) is 8.63. The summed E-state index contributed by atoms with van der Waals surface area (Å²) in [7, 11) is 0. The predicted molar refractivity (Wildman–Crippen MR) is 71.6 cm³/mol. The number of benzene rings is 1. The minimum absolute atomic E-state index is 0.262. The molecular weight excluding hydrogens is 228 g/mol. The van der Waals surface area contributed by atoms with Crippen molar-refractivity contribution in [3.05, 3.63) is 75.1 Å². The van der Waals surface area contributed by atoms with Gasteiger partial charge in [0, 0.05) is 18.0 Å². The summed E-state index contributed by atoms with van der Waals surface area (Å²) in [5.74, 6) is 0. The van der Waals surface area contributed by atoms with Crippen molar-refractivity contribution in [2.24, 2.45) is 0 Å². The van der Waals surface area contributed by atoms with E-state index in [-0.39, 0.29) is 17.8 Å². The molecule has 0 aliphatic heterocycles. The molecule has 0 N–H and O–H groups in total. The monoisotopic (exact) mass is 242 g/mol. The normalized spacial score (nSPS) is 10.3. The van der Waals surface area contributed by atoms with Crippen LogP contribution in [0.25, 0.3) is 6.20 Å². The number of aryl methyl sites for hydroxylation is 1. The lowest BCUT2D eigenvalue weighted by Gasteiger charge is -2.08. The Morgan fingerprint density at radius 2 is 1.89 bits per heavy atom. The molecule has 0 amide bonds. The van der Waals surface area contributed by atoms with Gasteiger partial charge in [-0.2, -0.15) is 0 Å². The molecule has 4 nitrogen and oxygen atoms in total. The second-order valence-corrected chi connectivity index (χ2v) is 4.06. The van der Waals surface area contributed by atoms with Crippen LogP contribution in [-0.4, -0.2) is 9.13 Å². The first-order valence-corrected chi connectivity index (χ1v) is 5.62. The van der Waals surface area contributed by atoms with Crippen LogP contribution < -0.4 is 11.2 Å². The third-order valence-corrected chi connectivity index (χ3v) is 2.75. The van der Waals surface area contributed by atoms with Crippen molar-refractivity contribution in [3.63, 3.8) is 0 Å². The van der Waals surface area contributed by atoms with Crippen molar-refractivity contribution in [2.45, 2.75) is 13.5 Å². The molecule has 0 fully saturated rings. The highest BCUT2D eigenvalue weighted by molar-refractivity contribution is 5.20. The predicted octanol–water partition coefficient (Wildman–Crippen LogP) is 1.47. The SMILES string of the molecule is C=Cn1cc(C)c(=O)n(Cc2ccccc2)c1=O. The molecule has 4 heteroatoms. The maximum atomic E-state index is 12.0. The van der Waals surface area contributed by atoms with E-state index < -0.39 is 0 Å². The molecule has 0 saturated heterocycles. The van der Waals surface area contributed by atoms with Crippen molar-refractivity contribution in [3.8, 4) is 0 Å². The average Bonchev–Trinajstić information content (AvgIpc) is 2.40. The van der Waals surface area contributed by atoms with Crippen LogP contribution in [0.5, 0.6) is 0 Å². The third-order valence-electron chi connectivity index (χ3n) is 2.75. The van der Waals surface area contributed by atoms with E-state index in [4.69, 9.17) is 0 Å². The molecule has 0 radical (unpaired) electrons. The highest BCUT2D eigenvalue weighted by Gasteiger charge is 2.07. The molecule has 1 aromatic carbocycles. The van der Waals surface area contributed by atoms with Gasteiger partial charge < -0.3 is 0 Å². The summed E-state index contributed by atoms with van der Waals surface area (Å²) in [4.78, 5) is 24.0. The van der Waals surface area contributed by atoms with E-state index in [1.165, 1.54) is 21.5 Å². The average molecular weight is 242 g/mol. The Balaban J connectivity index is 2.58. The van der Waals surface area contributed by atoms with Crippen LogP contribution in [0, 0.1) is 6.92 Å². The van der Waals surface area contributed by atoms with Crippen molar-refractivity contribution in [1.82, 2.24) is 9.13 Å². The van der Waals surface area contributed by atoms with Crippen LogP contribution in [-0.2, 0) is 6.54 Å². The summed E-state index contributed by atoms with van der Waals surface area (Å²) in [6, 6.07) is 9.41. The van der Waals surface area contributed by atoms with Crippen LogP contribution in [0.1, 0.15) is 11.1 Å². The van der Waals surface area contributed by atoms with Gasteiger partial charge in [0.1, 0.15) is 0 Å². The Labute approximate surface area is 104 Å². The van der Waals surface area contributed by atoms with Gasteiger partial charge >= 0.3 is 5.69 Å². The van der Waals surface area contributed by atoms with Gasteiger partial charge in [0.05, 0.1) is 6.54 Å². The summed E-state index contributed by atoms with van der Waals surface area (Å²) in [6.45, 7) is 5.51. The Morgan fingerprint density at radius 3 is 2.50 bits per heavy atom. The first-order valence-electron chi connectivity index (χ1n) is 5.62. The van der Waals surface area contributed by atoms with Gasteiger partial charge in [0.2, 0.25) is 0 Å². The number of aromatic nitrogens is 2. The van der Waals surface area contributed by atoms with Gasteiger partial charge in [-0.25, -0.2) is 4.79 Å². The summed E-state index contributed by atoms with van der Waals surface area (Å²) in [5, 5.41) is 0. The summed E-state index contributed by atoms with van der Waals surface area (Å²) >= 11 is 0. The molecule has 2 rings (SSSR count). The molecule has 0 aliphatic carbocycles. The highest BCUT2D eigenvalue weighted by Crippen LogP contribution is 1.99. The summed E-state index contributed by atoms with van der Waals surface area (Å²) < 4.78 is 2.53. The Bertz CT molecular complexity index is 681. The van der Waals surface area contributed by atoms with Crippen molar-refractivity contribution >= 4 is 6.20 Å². The van der Waals surface area contributed by atoms with Crippen LogP contribution in [0.4, 0.5) is 0 Å². The van der Waals surface area contributed by atoms with E-state index in [0.29, 0.717) is 5.56 Å². The van der Waals surface area contributed by atoms with Gasteiger partial charge in [-0.05, 0) is 12.5 Å². The minimum Gasteiger partial charge on any atom is -0.276 e. The molecule has 18 heavy (non-hydrogen) atoms. The van der Waals surface area contributed by atoms with Crippen LogP contribution in [0.2, 0.25) is 0 Å². The fourth-order valence-corrected chi connectivity index (χ4v) is 1.79. The number of hydrogen-bond acceptors (Lipinski definition) is 2. The van der Waals surface area contributed by atoms with E-state index in [2.05, 4.69) is 6.58 Å².